The Bertz CT molecular complexity index is 1340. The van der Waals surface area contributed by atoms with E-state index in [4.69, 9.17) is 32.7 Å². The Kier molecular flexibility index (Phi) is 11.7. The number of benzene rings is 3. The van der Waals surface area contributed by atoms with Crippen LogP contribution in [-0.4, -0.2) is 61.2 Å². The summed E-state index contributed by atoms with van der Waals surface area (Å²) in [5.74, 6) is 1.81. The number of para-hydroxylation sites is 1. The van der Waals surface area contributed by atoms with Crippen LogP contribution in [0.1, 0.15) is 49.3 Å². The zero-order chi connectivity index (χ0) is 31.0. The quantitative estimate of drug-likeness (QED) is 0.130. The van der Waals surface area contributed by atoms with Crippen molar-refractivity contribution in [1.82, 2.24) is 4.90 Å². The van der Waals surface area contributed by atoms with Crippen molar-refractivity contribution in [2.75, 3.05) is 44.3 Å². The molecule has 1 fully saturated rings. The molecule has 1 aliphatic heterocycles. The highest BCUT2D eigenvalue weighted by molar-refractivity contribution is 8.32. The Labute approximate surface area is 269 Å². The van der Waals surface area contributed by atoms with Gasteiger partial charge < -0.3 is 14.4 Å². The number of nitrogens with zero attached hydrogens (tertiary/aromatic N) is 1. The fraction of sp³-hybridized carbons (Fsp3) is 0.417. The third kappa shape index (κ3) is 8.60. The number of halogens is 2. The Morgan fingerprint density at radius 1 is 1.00 bits per heavy atom. The predicted octanol–water partition coefficient (Wildman–Crippen LogP) is 9.18. The number of hydrogen-bond acceptors (Lipinski definition) is 3. The fourth-order valence-electron chi connectivity index (χ4n) is 6.00. The highest BCUT2D eigenvalue weighted by atomic mass is 35.5. The molecule has 0 aliphatic carbocycles. The van der Waals surface area contributed by atoms with Gasteiger partial charge in [-0.3, -0.25) is 4.79 Å². The summed E-state index contributed by atoms with van der Waals surface area (Å²) in [6, 6.07) is 25.3. The maximum atomic E-state index is 15.0. The Hall–Kier alpha value is -2.44. The van der Waals surface area contributed by atoms with Crippen LogP contribution in [0.15, 0.2) is 91.5 Å². The first-order chi connectivity index (χ1) is 20.6. The number of rotatable bonds is 14. The van der Waals surface area contributed by atoms with Crippen molar-refractivity contribution >= 4 is 39.1 Å². The van der Waals surface area contributed by atoms with Gasteiger partial charge in [-0.1, -0.05) is 78.7 Å². The van der Waals surface area contributed by atoms with Crippen molar-refractivity contribution in [3.05, 3.63) is 113 Å². The molecular weight excluding hydrogens is 597 g/mol. The van der Waals surface area contributed by atoms with E-state index in [-0.39, 0.29) is 23.9 Å². The lowest BCUT2D eigenvalue weighted by atomic mass is 9.66. The van der Waals surface area contributed by atoms with E-state index in [1.165, 1.54) is 0 Å². The van der Waals surface area contributed by atoms with E-state index in [1.807, 2.05) is 78.9 Å². The van der Waals surface area contributed by atoms with E-state index in [2.05, 4.69) is 43.2 Å². The fourth-order valence-corrected chi connectivity index (χ4v) is 6.95. The van der Waals surface area contributed by atoms with E-state index in [0.717, 1.165) is 29.1 Å². The van der Waals surface area contributed by atoms with Crippen LogP contribution in [-0.2, 0) is 9.53 Å². The third-order valence-corrected chi connectivity index (χ3v) is 10.2. The largest absolute Gasteiger partial charge is 0.491 e. The second-order valence-corrected chi connectivity index (χ2v) is 17.8. The summed E-state index contributed by atoms with van der Waals surface area (Å²) in [7, 11) is -0.724. The normalized spacial score (nSPS) is 21.8. The average molecular weight is 643 g/mol. The van der Waals surface area contributed by atoms with Crippen LogP contribution in [0.2, 0.25) is 10.0 Å². The van der Waals surface area contributed by atoms with E-state index < -0.39 is 15.4 Å². The minimum absolute atomic E-state index is 0.0415. The molecule has 0 unspecified atom stereocenters. The van der Waals surface area contributed by atoms with Gasteiger partial charge in [0.1, 0.15) is 12.4 Å². The molecule has 3 aromatic rings. The Morgan fingerprint density at radius 3 is 2.35 bits per heavy atom. The minimum atomic E-state index is -0.773. The number of ether oxygens (including phenoxy) is 2. The standard InChI is InChI=1S/C36H45Cl2NO3S/c1-6-20-36(26-41-21-22-43(3,4)5)24-33(28-12-11-13-30(38)23-28)34(27-16-18-29(37)19-17-27)39(35(36)40)31(7-2)25-42-32-14-9-8-10-15-32/h6,8-19,23,31,33-34H,1,7,20-22,24-26H2,2-5H3/t31-,33+,34+,36-/m0/s1. The van der Waals surface area contributed by atoms with E-state index in [1.54, 1.807) is 0 Å². The molecule has 4 rings (SSSR count). The smallest absolute Gasteiger partial charge is 0.232 e. The summed E-state index contributed by atoms with van der Waals surface area (Å²) in [6.07, 6.45) is 10.6. The maximum absolute atomic E-state index is 15.0. The number of carbonyl (C=O) groups excluding carboxylic acids is 1. The number of carbonyl (C=O) groups is 1. The third-order valence-electron chi connectivity index (χ3n) is 8.27. The van der Waals surface area contributed by atoms with Gasteiger partial charge in [-0.25, -0.2) is 10.0 Å². The molecule has 0 aromatic heterocycles. The van der Waals surface area contributed by atoms with Gasteiger partial charge in [0.05, 0.1) is 30.7 Å². The van der Waals surface area contributed by atoms with Crippen molar-refractivity contribution in [3.8, 4) is 5.75 Å². The van der Waals surface area contributed by atoms with E-state index >= 15 is 4.79 Å². The maximum Gasteiger partial charge on any atom is 0.232 e. The highest BCUT2D eigenvalue weighted by Crippen LogP contribution is 2.52. The lowest BCUT2D eigenvalue weighted by molar-refractivity contribution is -0.161. The summed E-state index contributed by atoms with van der Waals surface area (Å²) >= 11 is 12.9. The molecule has 3 aromatic carbocycles. The summed E-state index contributed by atoms with van der Waals surface area (Å²) in [6.45, 7) is 7.54. The van der Waals surface area contributed by atoms with Crippen LogP contribution in [0.3, 0.4) is 0 Å². The predicted molar refractivity (Wildman–Crippen MR) is 184 cm³/mol. The van der Waals surface area contributed by atoms with Crippen molar-refractivity contribution in [2.24, 2.45) is 5.41 Å². The molecule has 4 atom stereocenters. The molecule has 0 N–H and O–H groups in total. The number of likely N-dealkylation sites (tertiary alicyclic amines) is 1. The molecule has 7 heteroatoms. The summed E-state index contributed by atoms with van der Waals surface area (Å²) in [4.78, 5) is 17.1. The van der Waals surface area contributed by atoms with Crippen LogP contribution in [0.5, 0.6) is 5.75 Å². The van der Waals surface area contributed by atoms with Crippen LogP contribution < -0.4 is 4.74 Å². The molecule has 0 saturated carbocycles. The van der Waals surface area contributed by atoms with Crippen molar-refractivity contribution in [2.45, 2.75) is 44.2 Å². The lowest BCUT2D eigenvalue weighted by Crippen LogP contribution is -2.59. The van der Waals surface area contributed by atoms with E-state index in [9.17, 15) is 0 Å². The molecule has 232 valence electrons. The van der Waals surface area contributed by atoms with Gasteiger partial charge in [-0.05, 0) is 85.6 Å². The molecule has 0 radical (unpaired) electrons. The summed E-state index contributed by atoms with van der Waals surface area (Å²) in [5.41, 5.74) is 1.35. The first-order valence-corrected chi connectivity index (χ1v) is 18.7. The molecular formula is C36H45Cl2NO3S. The molecule has 1 amide bonds. The topological polar surface area (TPSA) is 38.8 Å². The number of allylic oxidation sites excluding steroid dienone is 1. The molecule has 1 aliphatic rings. The Balaban J connectivity index is 1.82. The number of piperidine rings is 1. The van der Waals surface area contributed by atoms with Gasteiger partial charge in [-0.15, -0.1) is 6.58 Å². The van der Waals surface area contributed by atoms with Crippen molar-refractivity contribution < 1.29 is 14.3 Å². The highest BCUT2D eigenvalue weighted by Gasteiger charge is 2.53. The Morgan fingerprint density at radius 2 is 1.72 bits per heavy atom. The van der Waals surface area contributed by atoms with Crippen LogP contribution in [0, 0.1) is 5.41 Å². The average Bonchev–Trinajstić information content (AvgIpc) is 2.98. The first-order valence-electron chi connectivity index (χ1n) is 14.9. The van der Waals surface area contributed by atoms with Crippen molar-refractivity contribution in [1.29, 1.82) is 0 Å². The summed E-state index contributed by atoms with van der Waals surface area (Å²) in [5, 5.41) is 1.33. The van der Waals surface area contributed by atoms with Crippen molar-refractivity contribution in [3.63, 3.8) is 0 Å². The number of hydrogen-bond donors (Lipinski definition) is 0. The molecule has 0 bridgehead atoms. The van der Waals surface area contributed by atoms with Gasteiger partial charge in [-0.2, -0.15) is 0 Å². The molecule has 0 spiro atoms. The zero-order valence-corrected chi connectivity index (χ0v) is 28.1. The van der Waals surface area contributed by atoms with Crippen LogP contribution in [0.25, 0.3) is 0 Å². The van der Waals surface area contributed by atoms with Crippen LogP contribution in [0.4, 0.5) is 0 Å². The zero-order valence-electron chi connectivity index (χ0n) is 25.8. The van der Waals surface area contributed by atoms with Crippen LogP contribution >= 0.6 is 33.2 Å². The first kappa shape index (κ1) is 33.5. The monoisotopic (exact) mass is 641 g/mol. The summed E-state index contributed by atoms with van der Waals surface area (Å²) < 4.78 is 12.7. The van der Waals surface area contributed by atoms with Gasteiger partial charge in [0, 0.05) is 21.7 Å². The number of amides is 1. The van der Waals surface area contributed by atoms with E-state index in [0.29, 0.717) is 42.7 Å². The molecule has 1 heterocycles. The van der Waals surface area contributed by atoms with Gasteiger partial charge >= 0.3 is 0 Å². The molecule has 43 heavy (non-hydrogen) atoms. The van der Waals surface area contributed by atoms with Gasteiger partial charge in [0.2, 0.25) is 5.91 Å². The van der Waals surface area contributed by atoms with Gasteiger partial charge in [0.25, 0.3) is 0 Å². The minimum Gasteiger partial charge on any atom is -0.491 e. The second kappa shape index (κ2) is 15.0. The molecule has 4 nitrogen and oxygen atoms in total. The molecule has 1 saturated heterocycles. The second-order valence-electron chi connectivity index (χ2n) is 12.4. The van der Waals surface area contributed by atoms with Gasteiger partial charge in [0.15, 0.2) is 0 Å². The SMILES string of the molecule is C=CC[C@@]1(COCCS(C)(C)C)C[C@H](c2cccc(Cl)c2)[C@@H](c2ccc(Cl)cc2)N([C@@H](CC)COc2ccccc2)C1=O. The lowest BCUT2D eigenvalue weighted by Gasteiger charge is -2.52.